The molecule has 1 aromatic carbocycles. The van der Waals surface area contributed by atoms with Gasteiger partial charge in [0, 0.05) is 13.6 Å². The first kappa shape index (κ1) is 11.2. The lowest BCUT2D eigenvalue weighted by molar-refractivity contribution is 0.332. The number of likely N-dealkylation sites (N-methyl/N-ethyl adjacent to an activating group) is 1. The van der Waals surface area contributed by atoms with Gasteiger partial charge in [-0.05, 0) is 24.0 Å². The molecule has 1 N–H and O–H groups in total. The second kappa shape index (κ2) is 5.17. The van der Waals surface area contributed by atoms with E-state index in [2.05, 4.69) is 54.7 Å². The normalized spacial score (nSPS) is 16.6. The summed E-state index contributed by atoms with van der Waals surface area (Å²) in [4.78, 5) is 0. The third kappa shape index (κ3) is 2.45. The zero-order valence-electron chi connectivity index (χ0n) is 10.2. The van der Waals surface area contributed by atoms with E-state index < -0.39 is 0 Å². The van der Waals surface area contributed by atoms with Crippen LogP contribution in [-0.4, -0.2) is 18.6 Å². The minimum Gasteiger partial charge on any atom is -0.318 e. The molecular weight excluding hydrogens is 196 g/mol. The van der Waals surface area contributed by atoms with E-state index in [1.54, 1.807) is 0 Å². The third-order valence-electron chi connectivity index (χ3n) is 2.98. The van der Waals surface area contributed by atoms with Crippen molar-refractivity contribution in [3.8, 4) is 0 Å². The molecule has 0 aliphatic carbocycles. The molecule has 2 nitrogen and oxygen atoms in total. The molecule has 86 valence electrons. The molecule has 0 saturated heterocycles. The van der Waals surface area contributed by atoms with Gasteiger partial charge in [0.25, 0.3) is 0 Å². The molecule has 0 aromatic heterocycles. The number of nitrogens with one attached hydrogen (secondary N) is 1. The smallest absolute Gasteiger partial charge is 0.0568 e. The van der Waals surface area contributed by atoms with E-state index in [-0.39, 0.29) is 0 Å². The summed E-state index contributed by atoms with van der Waals surface area (Å²) in [5.41, 5.74) is 7.60. The molecule has 2 rings (SSSR count). The Morgan fingerprint density at radius 3 is 2.69 bits per heavy atom. The highest BCUT2D eigenvalue weighted by atomic mass is 15.5. The minimum absolute atomic E-state index is 1.05. The summed E-state index contributed by atoms with van der Waals surface area (Å²) < 4.78 is 0. The Balaban J connectivity index is 2.21. The number of hydrogen-bond donors (Lipinski definition) is 1. The Bertz CT molecular complexity index is 368. The molecule has 0 spiro atoms. The van der Waals surface area contributed by atoms with Crippen molar-refractivity contribution in [3.63, 3.8) is 0 Å². The van der Waals surface area contributed by atoms with Crippen molar-refractivity contribution in [1.29, 1.82) is 0 Å². The van der Waals surface area contributed by atoms with Crippen LogP contribution in [0.15, 0.2) is 35.9 Å². The summed E-state index contributed by atoms with van der Waals surface area (Å²) in [7, 11) is 2.10. The third-order valence-corrected chi connectivity index (χ3v) is 2.98. The molecule has 1 aromatic rings. The number of hydrogen-bond acceptors (Lipinski definition) is 2. The Hall–Kier alpha value is -1.28. The maximum atomic E-state index is 3.44. The van der Waals surface area contributed by atoms with E-state index in [1.807, 2.05) is 0 Å². The first-order chi connectivity index (χ1) is 7.81. The van der Waals surface area contributed by atoms with Crippen molar-refractivity contribution in [3.05, 3.63) is 41.5 Å². The molecule has 0 amide bonds. The first-order valence-electron chi connectivity index (χ1n) is 6.06. The van der Waals surface area contributed by atoms with Gasteiger partial charge in [-0.25, -0.2) is 5.01 Å². The number of benzene rings is 1. The Kier molecular flexibility index (Phi) is 3.62. The topological polar surface area (TPSA) is 15.3 Å². The van der Waals surface area contributed by atoms with Crippen LogP contribution in [0.5, 0.6) is 0 Å². The van der Waals surface area contributed by atoms with E-state index in [0.717, 1.165) is 6.54 Å². The predicted molar refractivity (Wildman–Crippen MR) is 68.7 cm³/mol. The van der Waals surface area contributed by atoms with Gasteiger partial charge < -0.3 is 5.43 Å². The van der Waals surface area contributed by atoms with Crippen LogP contribution in [0.3, 0.4) is 0 Å². The van der Waals surface area contributed by atoms with Crippen molar-refractivity contribution in [2.24, 2.45) is 0 Å². The molecule has 1 aliphatic rings. The fraction of sp³-hybridized carbons (Fsp3) is 0.429. The molecule has 0 radical (unpaired) electrons. The van der Waals surface area contributed by atoms with Crippen molar-refractivity contribution in [2.75, 3.05) is 13.6 Å². The van der Waals surface area contributed by atoms with E-state index >= 15 is 0 Å². The van der Waals surface area contributed by atoms with Gasteiger partial charge in [0.05, 0.1) is 5.70 Å². The highest BCUT2D eigenvalue weighted by Crippen LogP contribution is 2.25. The Morgan fingerprint density at radius 1 is 1.25 bits per heavy atom. The van der Waals surface area contributed by atoms with Crippen LogP contribution in [0, 0.1) is 0 Å². The van der Waals surface area contributed by atoms with E-state index in [4.69, 9.17) is 0 Å². The number of hydrazine groups is 1. The Morgan fingerprint density at radius 2 is 2.00 bits per heavy atom. The van der Waals surface area contributed by atoms with Gasteiger partial charge in [0.15, 0.2) is 0 Å². The monoisotopic (exact) mass is 216 g/mol. The highest BCUT2D eigenvalue weighted by molar-refractivity contribution is 5.68. The van der Waals surface area contributed by atoms with Crippen LogP contribution < -0.4 is 5.43 Å². The fourth-order valence-electron chi connectivity index (χ4n) is 2.14. The molecule has 1 heterocycles. The predicted octanol–water partition coefficient (Wildman–Crippen LogP) is 3.04. The van der Waals surface area contributed by atoms with Crippen LogP contribution in [-0.2, 0) is 0 Å². The van der Waals surface area contributed by atoms with Gasteiger partial charge in [0.1, 0.15) is 0 Å². The lowest BCUT2D eigenvalue weighted by atomic mass is 10.0. The summed E-state index contributed by atoms with van der Waals surface area (Å²) in [6.07, 6.45) is 3.74. The van der Waals surface area contributed by atoms with Gasteiger partial charge in [-0.15, -0.1) is 0 Å². The van der Waals surface area contributed by atoms with Crippen LogP contribution in [0.1, 0.15) is 31.7 Å². The summed E-state index contributed by atoms with van der Waals surface area (Å²) in [5, 5.41) is 2.16. The number of unbranched alkanes of at least 4 members (excludes halogenated alkanes) is 1. The molecule has 2 heteroatoms. The second-order valence-electron chi connectivity index (χ2n) is 4.42. The zero-order valence-corrected chi connectivity index (χ0v) is 10.2. The standard InChI is InChI=1S/C14H20N2/c1-3-4-8-13-11-16(2)15-14(13)12-9-6-5-7-10-12/h5-7,9-10,15H,3-4,8,11H2,1-2H3. The SMILES string of the molecule is CCCCC1=C(c2ccccc2)NN(C)C1. The van der Waals surface area contributed by atoms with Gasteiger partial charge in [-0.3, -0.25) is 0 Å². The summed E-state index contributed by atoms with van der Waals surface area (Å²) >= 11 is 0. The van der Waals surface area contributed by atoms with Crippen molar-refractivity contribution in [1.82, 2.24) is 10.4 Å². The van der Waals surface area contributed by atoms with Gasteiger partial charge in [0.2, 0.25) is 0 Å². The summed E-state index contributed by atoms with van der Waals surface area (Å²) in [6, 6.07) is 10.6. The second-order valence-corrected chi connectivity index (χ2v) is 4.42. The van der Waals surface area contributed by atoms with E-state index in [9.17, 15) is 0 Å². The minimum atomic E-state index is 1.05. The molecule has 1 aliphatic heterocycles. The van der Waals surface area contributed by atoms with Crippen LogP contribution >= 0.6 is 0 Å². The van der Waals surface area contributed by atoms with Crippen LogP contribution in [0.4, 0.5) is 0 Å². The van der Waals surface area contributed by atoms with Crippen molar-refractivity contribution in [2.45, 2.75) is 26.2 Å². The lowest BCUT2D eigenvalue weighted by Crippen LogP contribution is -2.26. The number of rotatable bonds is 4. The molecule has 0 unspecified atom stereocenters. The first-order valence-corrected chi connectivity index (χ1v) is 6.06. The van der Waals surface area contributed by atoms with E-state index in [1.165, 1.54) is 36.1 Å². The summed E-state index contributed by atoms with van der Waals surface area (Å²) in [6.45, 7) is 3.29. The molecule has 0 fully saturated rings. The Labute approximate surface area is 97.9 Å². The van der Waals surface area contributed by atoms with Gasteiger partial charge in [-0.1, -0.05) is 43.7 Å². The van der Waals surface area contributed by atoms with Crippen molar-refractivity contribution >= 4 is 5.70 Å². The maximum absolute atomic E-state index is 3.44. The van der Waals surface area contributed by atoms with E-state index in [0.29, 0.717) is 0 Å². The maximum Gasteiger partial charge on any atom is 0.0568 e. The average molecular weight is 216 g/mol. The fourth-order valence-corrected chi connectivity index (χ4v) is 2.14. The zero-order chi connectivity index (χ0) is 11.4. The molecule has 0 bridgehead atoms. The van der Waals surface area contributed by atoms with Crippen LogP contribution in [0.2, 0.25) is 0 Å². The quantitative estimate of drug-likeness (QED) is 0.832. The summed E-state index contributed by atoms with van der Waals surface area (Å²) in [5.74, 6) is 0. The van der Waals surface area contributed by atoms with Crippen molar-refractivity contribution < 1.29 is 0 Å². The molecular formula is C14H20N2. The number of nitrogens with zero attached hydrogens (tertiary/aromatic N) is 1. The molecule has 0 atom stereocenters. The van der Waals surface area contributed by atoms with Crippen LogP contribution in [0.25, 0.3) is 5.70 Å². The van der Waals surface area contributed by atoms with Gasteiger partial charge in [-0.2, -0.15) is 0 Å². The molecule has 0 saturated carbocycles. The largest absolute Gasteiger partial charge is 0.318 e. The van der Waals surface area contributed by atoms with Gasteiger partial charge >= 0.3 is 0 Å². The lowest BCUT2D eigenvalue weighted by Gasteiger charge is -2.11. The highest BCUT2D eigenvalue weighted by Gasteiger charge is 2.18. The average Bonchev–Trinajstić information content (AvgIpc) is 2.69. The molecule has 16 heavy (non-hydrogen) atoms.